The molecular formula is C15H18N4. The van der Waals surface area contributed by atoms with Crippen LogP contribution in [0.1, 0.15) is 37.3 Å². The fourth-order valence-electron chi connectivity index (χ4n) is 2.69. The topological polar surface area (TPSA) is 63.8 Å². The highest BCUT2D eigenvalue weighted by atomic mass is 15.3. The average molecular weight is 254 g/mol. The predicted octanol–water partition coefficient (Wildman–Crippen LogP) is 3.09. The van der Waals surface area contributed by atoms with Gasteiger partial charge in [-0.2, -0.15) is 0 Å². The van der Waals surface area contributed by atoms with E-state index < -0.39 is 0 Å². The van der Waals surface area contributed by atoms with Crippen molar-refractivity contribution >= 4 is 5.82 Å². The molecule has 1 aromatic heterocycles. The lowest BCUT2D eigenvalue weighted by atomic mass is 10.0. The van der Waals surface area contributed by atoms with Gasteiger partial charge in [-0.15, -0.1) is 0 Å². The molecule has 1 heterocycles. The second-order valence-corrected chi connectivity index (χ2v) is 4.99. The Bertz CT molecular complexity index is 547. The fraction of sp³-hybridized carbons (Fsp3) is 0.333. The minimum atomic E-state index is 0.553. The Morgan fingerprint density at radius 3 is 2.47 bits per heavy atom. The van der Waals surface area contributed by atoms with Crippen LogP contribution in [0.4, 0.5) is 5.82 Å². The number of hydrazine groups is 1. The summed E-state index contributed by atoms with van der Waals surface area (Å²) < 4.78 is 0. The number of nitrogens with zero attached hydrogens (tertiary/aromatic N) is 2. The van der Waals surface area contributed by atoms with E-state index in [1.54, 1.807) is 0 Å². The summed E-state index contributed by atoms with van der Waals surface area (Å²) in [5, 5.41) is 0. The molecule has 3 rings (SSSR count). The van der Waals surface area contributed by atoms with E-state index in [4.69, 9.17) is 10.8 Å². The molecule has 0 bridgehead atoms. The minimum absolute atomic E-state index is 0.553. The van der Waals surface area contributed by atoms with Crippen LogP contribution in [0, 0.1) is 0 Å². The van der Waals surface area contributed by atoms with E-state index in [9.17, 15) is 0 Å². The van der Waals surface area contributed by atoms with Crippen molar-refractivity contribution in [3.63, 3.8) is 0 Å². The molecule has 2 aromatic rings. The van der Waals surface area contributed by atoms with E-state index in [0.717, 1.165) is 17.1 Å². The van der Waals surface area contributed by atoms with Gasteiger partial charge in [0.25, 0.3) is 0 Å². The highest BCUT2D eigenvalue weighted by Gasteiger charge is 2.20. The van der Waals surface area contributed by atoms with Gasteiger partial charge in [-0.05, 0) is 12.8 Å². The van der Waals surface area contributed by atoms with Crippen molar-refractivity contribution in [2.24, 2.45) is 5.84 Å². The molecule has 1 aliphatic carbocycles. The predicted molar refractivity (Wildman–Crippen MR) is 76.5 cm³/mol. The molecule has 3 N–H and O–H groups in total. The molecule has 19 heavy (non-hydrogen) atoms. The summed E-state index contributed by atoms with van der Waals surface area (Å²) in [6, 6.07) is 12.0. The second kappa shape index (κ2) is 5.36. The molecule has 0 amide bonds. The molecule has 1 aliphatic rings. The maximum Gasteiger partial charge on any atom is 0.161 e. The number of nitrogens with two attached hydrogens (primary N) is 1. The van der Waals surface area contributed by atoms with Gasteiger partial charge in [0.15, 0.2) is 5.82 Å². The number of rotatable bonds is 3. The number of anilines is 1. The molecule has 0 atom stereocenters. The Balaban J connectivity index is 2.02. The van der Waals surface area contributed by atoms with Gasteiger partial charge >= 0.3 is 0 Å². The van der Waals surface area contributed by atoms with Crippen LogP contribution in [0.15, 0.2) is 36.4 Å². The lowest BCUT2D eigenvalue weighted by molar-refractivity contribution is 0.695. The molecule has 0 unspecified atom stereocenters. The van der Waals surface area contributed by atoms with Gasteiger partial charge in [0.1, 0.15) is 5.82 Å². The smallest absolute Gasteiger partial charge is 0.161 e. The van der Waals surface area contributed by atoms with Crippen LogP contribution in [0.25, 0.3) is 11.4 Å². The van der Waals surface area contributed by atoms with Gasteiger partial charge in [0.05, 0.1) is 0 Å². The molecule has 1 fully saturated rings. The molecule has 0 spiro atoms. The molecule has 4 nitrogen and oxygen atoms in total. The first-order valence-corrected chi connectivity index (χ1v) is 6.78. The number of aromatic nitrogens is 2. The van der Waals surface area contributed by atoms with Crippen LogP contribution in [-0.2, 0) is 0 Å². The SMILES string of the molecule is NNc1cc(C2CCCC2)nc(-c2ccccc2)n1. The average Bonchev–Trinajstić information content (AvgIpc) is 3.02. The Hall–Kier alpha value is -1.94. The van der Waals surface area contributed by atoms with Crippen molar-refractivity contribution in [2.75, 3.05) is 5.43 Å². The third-order valence-electron chi connectivity index (χ3n) is 3.70. The van der Waals surface area contributed by atoms with E-state index >= 15 is 0 Å². The van der Waals surface area contributed by atoms with Crippen molar-refractivity contribution < 1.29 is 0 Å². The van der Waals surface area contributed by atoms with Gasteiger partial charge in [-0.1, -0.05) is 43.2 Å². The number of nitrogens with one attached hydrogen (secondary N) is 1. The lowest BCUT2D eigenvalue weighted by Crippen LogP contribution is -2.11. The highest BCUT2D eigenvalue weighted by Crippen LogP contribution is 2.34. The normalized spacial score (nSPS) is 15.6. The minimum Gasteiger partial charge on any atom is -0.308 e. The third kappa shape index (κ3) is 2.58. The first-order chi connectivity index (χ1) is 9.36. The molecule has 0 aliphatic heterocycles. The van der Waals surface area contributed by atoms with Crippen LogP contribution in [0.3, 0.4) is 0 Å². The summed E-state index contributed by atoms with van der Waals surface area (Å²) in [6.07, 6.45) is 5.02. The molecule has 1 saturated carbocycles. The first kappa shape index (κ1) is 12.1. The van der Waals surface area contributed by atoms with E-state index in [-0.39, 0.29) is 0 Å². The monoisotopic (exact) mass is 254 g/mol. The number of hydrogen-bond acceptors (Lipinski definition) is 4. The van der Waals surface area contributed by atoms with Crippen LogP contribution in [0.5, 0.6) is 0 Å². The summed E-state index contributed by atoms with van der Waals surface area (Å²) in [5.74, 6) is 7.52. The van der Waals surface area contributed by atoms with Gasteiger partial charge in [-0.3, -0.25) is 0 Å². The van der Waals surface area contributed by atoms with E-state index in [2.05, 4.69) is 10.4 Å². The largest absolute Gasteiger partial charge is 0.308 e. The zero-order chi connectivity index (χ0) is 13.1. The van der Waals surface area contributed by atoms with Gasteiger partial charge in [0.2, 0.25) is 0 Å². The quantitative estimate of drug-likeness (QED) is 0.652. The Morgan fingerprint density at radius 1 is 1.05 bits per heavy atom. The lowest BCUT2D eigenvalue weighted by Gasteiger charge is -2.12. The van der Waals surface area contributed by atoms with Crippen molar-refractivity contribution in [3.05, 3.63) is 42.1 Å². The fourth-order valence-corrected chi connectivity index (χ4v) is 2.69. The standard InChI is InChI=1S/C15H18N4/c16-19-14-10-13(11-6-4-5-7-11)17-15(18-14)12-8-2-1-3-9-12/h1-3,8-11H,4-7,16H2,(H,17,18,19). The van der Waals surface area contributed by atoms with Gasteiger partial charge < -0.3 is 5.43 Å². The molecule has 1 aromatic carbocycles. The number of benzene rings is 1. The number of nitrogen functional groups attached to an aromatic ring is 1. The molecule has 0 radical (unpaired) electrons. The van der Waals surface area contributed by atoms with Crippen LogP contribution >= 0.6 is 0 Å². The van der Waals surface area contributed by atoms with Gasteiger partial charge in [0, 0.05) is 23.2 Å². The Labute approximate surface area is 113 Å². The summed E-state index contributed by atoms with van der Waals surface area (Å²) >= 11 is 0. The number of hydrogen-bond donors (Lipinski definition) is 2. The van der Waals surface area contributed by atoms with Crippen LogP contribution in [0.2, 0.25) is 0 Å². The van der Waals surface area contributed by atoms with Crippen LogP contribution in [-0.4, -0.2) is 9.97 Å². The van der Waals surface area contributed by atoms with Crippen LogP contribution < -0.4 is 11.3 Å². The second-order valence-electron chi connectivity index (χ2n) is 4.99. The van der Waals surface area contributed by atoms with Crippen molar-refractivity contribution in [1.82, 2.24) is 9.97 Å². The Morgan fingerprint density at radius 2 is 1.79 bits per heavy atom. The highest BCUT2D eigenvalue weighted by molar-refractivity contribution is 5.57. The summed E-state index contributed by atoms with van der Waals surface area (Å²) in [4.78, 5) is 9.17. The van der Waals surface area contributed by atoms with E-state index in [0.29, 0.717) is 11.7 Å². The van der Waals surface area contributed by atoms with E-state index in [1.807, 2.05) is 36.4 Å². The third-order valence-corrected chi connectivity index (χ3v) is 3.70. The molecular weight excluding hydrogens is 236 g/mol. The van der Waals surface area contributed by atoms with Crippen molar-refractivity contribution in [1.29, 1.82) is 0 Å². The van der Waals surface area contributed by atoms with E-state index in [1.165, 1.54) is 25.7 Å². The summed E-state index contributed by atoms with van der Waals surface area (Å²) in [6.45, 7) is 0. The summed E-state index contributed by atoms with van der Waals surface area (Å²) in [5.41, 5.74) is 4.79. The van der Waals surface area contributed by atoms with Crippen molar-refractivity contribution in [3.8, 4) is 11.4 Å². The van der Waals surface area contributed by atoms with Crippen molar-refractivity contribution in [2.45, 2.75) is 31.6 Å². The molecule has 0 saturated heterocycles. The molecule has 4 heteroatoms. The first-order valence-electron chi connectivity index (χ1n) is 6.78. The zero-order valence-corrected chi connectivity index (χ0v) is 10.8. The zero-order valence-electron chi connectivity index (χ0n) is 10.8. The maximum absolute atomic E-state index is 5.52. The maximum atomic E-state index is 5.52. The summed E-state index contributed by atoms with van der Waals surface area (Å²) in [7, 11) is 0. The van der Waals surface area contributed by atoms with Gasteiger partial charge in [-0.25, -0.2) is 15.8 Å². The molecule has 98 valence electrons. The Kier molecular flexibility index (Phi) is 3.42.